The predicted octanol–water partition coefficient (Wildman–Crippen LogP) is -0.281. The molecule has 1 aromatic carbocycles. The lowest BCUT2D eigenvalue weighted by atomic mass is 10.2. The van der Waals surface area contributed by atoms with Crippen molar-refractivity contribution in [3.05, 3.63) is 29.8 Å². The van der Waals surface area contributed by atoms with Crippen LogP contribution in [0.2, 0.25) is 0 Å². The van der Waals surface area contributed by atoms with Crippen molar-refractivity contribution in [1.82, 2.24) is 4.31 Å². The highest BCUT2D eigenvalue weighted by Gasteiger charge is 2.40. The monoisotopic (exact) mass is 291 g/mol. The molecule has 0 fully saturated rings. The number of carbonyl (C=O) groups excluding carboxylic acids is 1. The molecular formula is C9H9NO6S2. The van der Waals surface area contributed by atoms with Crippen LogP contribution in [-0.4, -0.2) is 43.9 Å². The van der Waals surface area contributed by atoms with Gasteiger partial charge in [0.25, 0.3) is 26.0 Å². The average molecular weight is 291 g/mol. The fourth-order valence-electron chi connectivity index (χ4n) is 1.65. The Hall–Kier alpha value is -1.45. The van der Waals surface area contributed by atoms with E-state index in [2.05, 4.69) is 0 Å². The molecule has 18 heavy (non-hydrogen) atoms. The maximum absolute atomic E-state index is 11.9. The first kappa shape index (κ1) is 13.0. The van der Waals surface area contributed by atoms with Crippen LogP contribution in [0.4, 0.5) is 0 Å². The van der Waals surface area contributed by atoms with Gasteiger partial charge in [0, 0.05) is 0 Å². The van der Waals surface area contributed by atoms with Crippen molar-refractivity contribution in [3.8, 4) is 0 Å². The predicted molar refractivity (Wildman–Crippen MR) is 61.1 cm³/mol. The van der Waals surface area contributed by atoms with E-state index in [1.54, 1.807) is 0 Å². The minimum Gasteiger partial charge on any atom is -0.285 e. The first-order chi connectivity index (χ1) is 8.23. The van der Waals surface area contributed by atoms with Gasteiger partial charge >= 0.3 is 0 Å². The number of rotatable bonds is 3. The van der Waals surface area contributed by atoms with Gasteiger partial charge in [-0.2, -0.15) is 8.42 Å². The zero-order chi connectivity index (χ0) is 13.6. The van der Waals surface area contributed by atoms with Gasteiger partial charge in [-0.25, -0.2) is 12.7 Å². The van der Waals surface area contributed by atoms with E-state index in [1.165, 1.54) is 24.3 Å². The van der Waals surface area contributed by atoms with Gasteiger partial charge < -0.3 is 0 Å². The largest absolute Gasteiger partial charge is 0.285 e. The molecule has 9 heteroatoms. The molecule has 2 rings (SSSR count). The molecule has 0 atom stereocenters. The Bertz CT molecular complexity index is 706. The Kier molecular flexibility index (Phi) is 2.92. The Morgan fingerprint density at radius 3 is 2.39 bits per heavy atom. The Balaban J connectivity index is 2.40. The number of hydrogen-bond donors (Lipinski definition) is 1. The number of nitrogens with zero attached hydrogens (tertiary/aromatic N) is 1. The fraction of sp³-hybridized carbons (Fsp3) is 0.222. The summed E-state index contributed by atoms with van der Waals surface area (Å²) in [6.07, 6.45) is 0. The van der Waals surface area contributed by atoms with Crippen LogP contribution in [0.3, 0.4) is 0 Å². The van der Waals surface area contributed by atoms with Crippen LogP contribution in [0.1, 0.15) is 10.4 Å². The van der Waals surface area contributed by atoms with Crippen molar-refractivity contribution in [2.24, 2.45) is 0 Å². The maximum Gasteiger partial charge on any atom is 0.269 e. The standard InChI is InChI=1S/C9H9NO6S2/c11-9-7-3-1-2-4-8(7)18(15,16)10(9)5-6-17(12,13)14/h1-4H,5-6H2,(H,12,13,14). The number of fused-ring (bicyclic) bond motifs is 1. The second-order valence-corrected chi connectivity index (χ2v) is 7.07. The number of benzene rings is 1. The summed E-state index contributed by atoms with van der Waals surface area (Å²) >= 11 is 0. The molecule has 0 saturated heterocycles. The molecule has 7 nitrogen and oxygen atoms in total. The average Bonchev–Trinajstić information content (AvgIpc) is 2.45. The molecule has 1 N–H and O–H groups in total. The molecule has 0 radical (unpaired) electrons. The summed E-state index contributed by atoms with van der Waals surface area (Å²) in [6.45, 7) is -0.602. The van der Waals surface area contributed by atoms with Gasteiger partial charge in [-0.05, 0) is 12.1 Å². The van der Waals surface area contributed by atoms with Gasteiger partial charge in [0.2, 0.25) is 0 Å². The molecular weight excluding hydrogens is 282 g/mol. The number of sulfonamides is 1. The number of hydrogen-bond acceptors (Lipinski definition) is 5. The van der Waals surface area contributed by atoms with Crippen molar-refractivity contribution in [3.63, 3.8) is 0 Å². The third-order valence-electron chi connectivity index (χ3n) is 2.46. The van der Waals surface area contributed by atoms with Crippen LogP contribution in [0.5, 0.6) is 0 Å². The SMILES string of the molecule is O=C1c2ccccc2S(=O)(=O)N1CCS(=O)(=O)O. The summed E-state index contributed by atoms with van der Waals surface area (Å²) < 4.78 is 54.1. The molecule has 1 aliphatic heterocycles. The van der Waals surface area contributed by atoms with Crippen LogP contribution >= 0.6 is 0 Å². The second kappa shape index (κ2) is 4.04. The molecule has 1 aliphatic rings. The van der Waals surface area contributed by atoms with Crippen LogP contribution < -0.4 is 0 Å². The summed E-state index contributed by atoms with van der Waals surface area (Å²) in [5.74, 6) is -1.61. The number of carbonyl (C=O) groups is 1. The molecule has 1 heterocycles. The summed E-state index contributed by atoms with van der Waals surface area (Å²) in [4.78, 5) is 11.7. The van der Waals surface area contributed by atoms with E-state index in [9.17, 15) is 21.6 Å². The molecule has 0 bridgehead atoms. The fourth-order valence-corrected chi connectivity index (χ4v) is 3.75. The molecule has 0 unspecified atom stereocenters. The lowest BCUT2D eigenvalue weighted by molar-refractivity contribution is 0.0876. The zero-order valence-corrected chi connectivity index (χ0v) is 10.6. The Morgan fingerprint density at radius 2 is 1.83 bits per heavy atom. The molecule has 1 amide bonds. The zero-order valence-electron chi connectivity index (χ0n) is 8.98. The van der Waals surface area contributed by atoms with E-state index in [0.29, 0.717) is 4.31 Å². The quantitative estimate of drug-likeness (QED) is 0.767. The van der Waals surface area contributed by atoms with E-state index in [4.69, 9.17) is 4.55 Å². The van der Waals surface area contributed by atoms with Crippen molar-refractivity contribution in [2.75, 3.05) is 12.3 Å². The van der Waals surface area contributed by atoms with Gasteiger partial charge in [0.1, 0.15) is 4.90 Å². The molecule has 1 aromatic rings. The summed E-state index contributed by atoms with van der Waals surface area (Å²) in [5, 5.41) is 0. The summed E-state index contributed by atoms with van der Waals surface area (Å²) in [5.41, 5.74) is 0.00726. The minimum absolute atomic E-state index is 0.00726. The maximum atomic E-state index is 11.9. The third kappa shape index (κ3) is 2.11. The van der Waals surface area contributed by atoms with E-state index < -0.39 is 38.3 Å². The van der Waals surface area contributed by atoms with Crippen LogP contribution in [0.15, 0.2) is 29.2 Å². The first-order valence-corrected chi connectivity index (χ1v) is 7.90. The Morgan fingerprint density at radius 1 is 1.22 bits per heavy atom. The van der Waals surface area contributed by atoms with E-state index in [0.717, 1.165) is 0 Å². The lowest BCUT2D eigenvalue weighted by Crippen LogP contribution is -2.34. The highest BCUT2D eigenvalue weighted by atomic mass is 32.2. The highest BCUT2D eigenvalue weighted by Crippen LogP contribution is 2.29. The van der Waals surface area contributed by atoms with Crippen molar-refractivity contribution >= 4 is 26.0 Å². The molecule has 0 aliphatic carbocycles. The molecule has 0 aromatic heterocycles. The van der Waals surface area contributed by atoms with Crippen molar-refractivity contribution in [1.29, 1.82) is 0 Å². The first-order valence-electron chi connectivity index (χ1n) is 4.85. The summed E-state index contributed by atoms with van der Waals surface area (Å²) in [7, 11) is -8.34. The van der Waals surface area contributed by atoms with Gasteiger partial charge in [0.05, 0.1) is 17.9 Å². The highest BCUT2D eigenvalue weighted by molar-refractivity contribution is 7.90. The molecule has 0 saturated carbocycles. The third-order valence-corrected chi connectivity index (χ3v) is 5.00. The lowest BCUT2D eigenvalue weighted by Gasteiger charge is -2.13. The van der Waals surface area contributed by atoms with Gasteiger partial charge in [-0.3, -0.25) is 9.35 Å². The number of amides is 1. The van der Waals surface area contributed by atoms with Gasteiger partial charge in [0.15, 0.2) is 0 Å². The summed E-state index contributed by atoms with van der Waals surface area (Å²) in [6, 6.07) is 5.60. The van der Waals surface area contributed by atoms with E-state index >= 15 is 0 Å². The Labute approximate surface area is 104 Å². The van der Waals surface area contributed by atoms with Crippen LogP contribution in [0, 0.1) is 0 Å². The second-order valence-electron chi connectivity index (χ2n) is 3.66. The van der Waals surface area contributed by atoms with Gasteiger partial charge in [-0.1, -0.05) is 12.1 Å². The smallest absolute Gasteiger partial charge is 0.269 e. The normalized spacial score (nSPS) is 17.8. The van der Waals surface area contributed by atoms with Crippen molar-refractivity contribution < 1.29 is 26.2 Å². The van der Waals surface area contributed by atoms with Crippen LogP contribution in [0.25, 0.3) is 0 Å². The van der Waals surface area contributed by atoms with Crippen molar-refractivity contribution in [2.45, 2.75) is 4.90 Å². The van der Waals surface area contributed by atoms with Gasteiger partial charge in [-0.15, -0.1) is 0 Å². The topological polar surface area (TPSA) is 109 Å². The minimum atomic E-state index is -4.33. The van der Waals surface area contributed by atoms with E-state index in [-0.39, 0.29) is 10.5 Å². The van der Waals surface area contributed by atoms with Crippen LogP contribution in [-0.2, 0) is 20.1 Å². The molecule has 0 spiro atoms. The van der Waals surface area contributed by atoms with E-state index in [1.807, 2.05) is 0 Å². The molecule has 98 valence electrons.